The first-order valence-corrected chi connectivity index (χ1v) is 13.9. The van der Waals surface area contributed by atoms with Gasteiger partial charge in [0.05, 0.1) is 17.4 Å². The second-order valence-electron chi connectivity index (χ2n) is 9.96. The van der Waals surface area contributed by atoms with Crippen LogP contribution in [0, 0.1) is 0 Å². The number of nitrogens with zero attached hydrogens (tertiary/aromatic N) is 2. The molecule has 0 N–H and O–H groups in total. The molecule has 38 heavy (non-hydrogen) atoms. The number of hydrogen-bond acceptors (Lipinski definition) is 3. The van der Waals surface area contributed by atoms with Crippen molar-refractivity contribution in [3.8, 4) is 22.5 Å². The highest BCUT2D eigenvalue weighted by molar-refractivity contribution is 7.26. The summed E-state index contributed by atoms with van der Waals surface area (Å²) in [6.45, 7) is 0. The van der Waals surface area contributed by atoms with E-state index in [1.54, 1.807) is 0 Å². The highest BCUT2D eigenvalue weighted by Gasteiger charge is 2.37. The van der Waals surface area contributed by atoms with Crippen molar-refractivity contribution in [3.05, 3.63) is 139 Å². The van der Waals surface area contributed by atoms with E-state index in [1.165, 1.54) is 42.7 Å². The molecule has 180 valence electrons. The van der Waals surface area contributed by atoms with E-state index in [4.69, 9.17) is 4.98 Å². The summed E-state index contributed by atoms with van der Waals surface area (Å²) in [5, 5.41) is 2.60. The monoisotopic (exact) mass is 504 g/mol. The van der Waals surface area contributed by atoms with E-state index in [2.05, 4.69) is 132 Å². The molecule has 2 nitrogen and oxygen atoms in total. The van der Waals surface area contributed by atoms with Crippen LogP contribution in [0.2, 0.25) is 0 Å². The Morgan fingerprint density at radius 3 is 2.39 bits per heavy atom. The Bertz CT molecular complexity index is 1900. The molecule has 0 radical (unpaired) electrons. The standard InChI is InChI=1S/C35H24N2S/c1-2-11-23(12-3-1)30-16-10-17-31(36-30)29-22-24(21-28-27-15-6-9-20-34(27)38-35(28)29)37-32-18-7-4-13-25(32)26-14-5-8-19-33(26)37/h1-22,25,32H. The lowest BCUT2D eigenvalue weighted by atomic mass is 9.91. The summed E-state index contributed by atoms with van der Waals surface area (Å²) in [5.41, 5.74) is 8.21. The molecule has 0 fully saturated rings. The van der Waals surface area contributed by atoms with E-state index in [0.717, 1.165) is 17.0 Å². The van der Waals surface area contributed by atoms with Crippen molar-refractivity contribution in [1.29, 1.82) is 0 Å². The van der Waals surface area contributed by atoms with Crippen molar-refractivity contribution < 1.29 is 0 Å². The Morgan fingerprint density at radius 2 is 1.45 bits per heavy atom. The Labute approximate surface area is 225 Å². The van der Waals surface area contributed by atoms with Crippen LogP contribution in [0.25, 0.3) is 42.7 Å². The smallest absolute Gasteiger partial charge is 0.0724 e. The second-order valence-corrected chi connectivity index (χ2v) is 11.0. The molecular weight excluding hydrogens is 480 g/mol. The van der Waals surface area contributed by atoms with E-state index < -0.39 is 0 Å². The number of anilines is 2. The highest BCUT2D eigenvalue weighted by atomic mass is 32.1. The molecule has 0 amide bonds. The maximum atomic E-state index is 5.19. The first-order valence-electron chi connectivity index (χ1n) is 13.1. The Morgan fingerprint density at radius 1 is 0.658 bits per heavy atom. The molecule has 0 saturated heterocycles. The van der Waals surface area contributed by atoms with Gasteiger partial charge in [0.2, 0.25) is 0 Å². The van der Waals surface area contributed by atoms with Crippen LogP contribution in [0.1, 0.15) is 11.5 Å². The van der Waals surface area contributed by atoms with Crippen molar-refractivity contribution in [2.45, 2.75) is 12.0 Å². The van der Waals surface area contributed by atoms with Crippen LogP contribution in [-0.4, -0.2) is 11.0 Å². The van der Waals surface area contributed by atoms with Crippen LogP contribution in [0.5, 0.6) is 0 Å². The molecule has 1 aliphatic carbocycles. The van der Waals surface area contributed by atoms with Gasteiger partial charge in [-0.3, -0.25) is 0 Å². The number of rotatable bonds is 3. The predicted octanol–water partition coefficient (Wildman–Crippen LogP) is 9.51. The van der Waals surface area contributed by atoms with Crippen molar-refractivity contribution in [1.82, 2.24) is 4.98 Å². The summed E-state index contributed by atoms with van der Waals surface area (Å²) in [5.74, 6) is 0.356. The minimum atomic E-state index is 0.260. The molecule has 1 aliphatic heterocycles. The van der Waals surface area contributed by atoms with Gasteiger partial charge in [-0.15, -0.1) is 11.3 Å². The van der Waals surface area contributed by atoms with E-state index in [1.807, 2.05) is 17.4 Å². The van der Waals surface area contributed by atoms with Crippen LogP contribution in [0.4, 0.5) is 11.4 Å². The summed E-state index contributed by atoms with van der Waals surface area (Å²) < 4.78 is 2.59. The van der Waals surface area contributed by atoms with Gasteiger partial charge in [-0.25, -0.2) is 4.98 Å². The number of allylic oxidation sites excluding steroid dienone is 2. The number of thiophene rings is 1. The number of fused-ring (bicyclic) bond motifs is 6. The molecule has 8 rings (SSSR count). The number of aromatic nitrogens is 1. The summed E-state index contributed by atoms with van der Waals surface area (Å²) in [7, 11) is 0. The third kappa shape index (κ3) is 3.29. The molecule has 0 bridgehead atoms. The quantitative estimate of drug-likeness (QED) is 0.239. The van der Waals surface area contributed by atoms with Gasteiger partial charge in [-0.1, -0.05) is 97.1 Å². The molecule has 3 heterocycles. The van der Waals surface area contributed by atoms with Crippen LogP contribution < -0.4 is 4.90 Å². The minimum Gasteiger partial charge on any atom is -0.333 e. The third-order valence-electron chi connectivity index (χ3n) is 7.80. The van der Waals surface area contributed by atoms with Crippen molar-refractivity contribution >= 4 is 42.9 Å². The Kier molecular flexibility index (Phi) is 4.86. The Hall–Kier alpha value is -4.47. The lowest BCUT2D eigenvalue weighted by Gasteiger charge is -2.29. The van der Waals surface area contributed by atoms with Gasteiger partial charge in [0, 0.05) is 48.6 Å². The summed E-state index contributed by atoms with van der Waals surface area (Å²) in [4.78, 5) is 7.71. The van der Waals surface area contributed by atoms with Crippen LogP contribution in [0.15, 0.2) is 133 Å². The van der Waals surface area contributed by atoms with E-state index in [0.29, 0.717) is 5.92 Å². The molecule has 4 aromatic carbocycles. The maximum Gasteiger partial charge on any atom is 0.0724 e. The van der Waals surface area contributed by atoms with E-state index in [9.17, 15) is 0 Å². The number of pyridine rings is 1. The molecule has 6 aromatic rings. The largest absolute Gasteiger partial charge is 0.333 e. The molecule has 2 unspecified atom stereocenters. The first kappa shape index (κ1) is 21.6. The number of para-hydroxylation sites is 1. The zero-order chi connectivity index (χ0) is 25.1. The lowest BCUT2D eigenvalue weighted by molar-refractivity contribution is 0.745. The average molecular weight is 505 g/mol. The lowest BCUT2D eigenvalue weighted by Crippen LogP contribution is -2.28. The van der Waals surface area contributed by atoms with E-state index in [-0.39, 0.29) is 6.04 Å². The van der Waals surface area contributed by atoms with Gasteiger partial charge in [0.25, 0.3) is 0 Å². The van der Waals surface area contributed by atoms with Crippen molar-refractivity contribution in [2.75, 3.05) is 4.90 Å². The van der Waals surface area contributed by atoms with Gasteiger partial charge in [-0.2, -0.15) is 0 Å². The fraction of sp³-hybridized carbons (Fsp3) is 0.0571. The molecular formula is C35H24N2S. The molecule has 2 aromatic heterocycles. The highest BCUT2D eigenvalue weighted by Crippen LogP contribution is 2.50. The molecule has 0 saturated carbocycles. The number of hydrogen-bond donors (Lipinski definition) is 0. The van der Waals surface area contributed by atoms with Gasteiger partial charge in [0.15, 0.2) is 0 Å². The minimum absolute atomic E-state index is 0.260. The number of benzene rings is 4. The summed E-state index contributed by atoms with van der Waals surface area (Å²) >= 11 is 1.86. The zero-order valence-corrected chi connectivity index (χ0v) is 21.5. The van der Waals surface area contributed by atoms with Crippen LogP contribution >= 0.6 is 11.3 Å². The van der Waals surface area contributed by atoms with Gasteiger partial charge in [0.1, 0.15) is 0 Å². The van der Waals surface area contributed by atoms with Crippen LogP contribution in [-0.2, 0) is 0 Å². The molecule has 2 atom stereocenters. The normalized spacial score (nSPS) is 17.7. The summed E-state index contributed by atoms with van der Waals surface area (Å²) in [6.07, 6.45) is 9.05. The van der Waals surface area contributed by atoms with Gasteiger partial charge < -0.3 is 4.90 Å². The Balaban J connectivity index is 1.39. The zero-order valence-electron chi connectivity index (χ0n) is 20.7. The van der Waals surface area contributed by atoms with Crippen LogP contribution in [0.3, 0.4) is 0 Å². The van der Waals surface area contributed by atoms with Gasteiger partial charge >= 0.3 is 0 Å². The predicted molar refractivity (Wildman–Crippen MR) is 161 cm³/mol. The fourth-order valence-corrected chi connectivity index (χ4v) is 7.29. The first-order chi connectivity index (χ1) is 18.8. The summed E-state index contributed by atoms with van der Waals surface area (Å²) in [6, 6.07) is 39.5. The molecule has 3 heteroatoms. The second kappa shape index (κ2) is 8.54. The third-order valence-corrected chi connectivity index (χ3v) is 9.01. The van der Waals surface area contributed by atoms with Crippen molar-refractivity contribution in [3.63, 3.8) is 0 Å². The SMILES string of the molecule is C1=CC2c3ccccc3N(c3cc(-c4cccc(-c5ccccc5)n4)c4sc5ccccc5c4c3)C2C=C1. The topological polar surface area (TPSA) is 16.1 Å². The van der Waals surface area contributed by atoms with E-state index >= 15 is 0 Å². The average Bonchev–Trinajstić information content (AvgIpc) is 3.53. The van der Waals surface area contributed by atoms with Gasteiger partial charge in [-0.05, 0) is 42.0 Å². The van der Waals surface area contributed by atoms with Crippen molar-refractivity contribution in [2.24, 2.45) is 0 Å². The molecule has 0 spiro atoms. The molecule has 2 aliphatic rings. The fourth-order valence-electron chi connectivity index (χ4n) is 6.09. The maximum absolute atomic E-state index is 5.19.